The van der Waals surface area contributed by atoms with Crippen molar-refractivity contribution in [3.63, 3.8) is 0 Å². The standard InChI is InChI=1S/C6H6B4O4/c7-1-2(8)12-6-5(11-1)13-3(9)4(10)14-6/h1-6H. The first-order chi connectivity index (χ1) is 6.58. The Balaban J connectivity index is 2.01. The third-order valence-electron chi connectivity index (χ3n) is 2.03. The van der Waals surface area contributed by atoms with Crippen molar-refractivity contribution in [2.45, 2.75) is 36.6 Å². The van der Waals surface area contributed by atoms with Gasteiger partial charge in [-0.3, -0.25) is 0 Å². The van der Waals surface area contributed by atoms with E-state index in [2.05, 4.69) is 0 Å². The summed E-state index contributed by atoms with van der Waals surface area (Å²) >= 11 is 0. The minimum Gasteiger partial charge on any atom is -0.353 e. The number of rotatable bonds is 0. The molecule has 0 spiro atoms. The molecule has 2 rings (SSSR count). The lowest BCUT2D eigenvalue weighted by Gasteiger charge is -2.46. The van der Waals surface area contributed by atoms with Gasteiger partial charge in [-0.2, -0.15) is 0 Å². The molecule has 0 aromatic heterocycles. The molecule has 8 radical (unpaired) electrons. The Kier molecular flexibility index (Phi) is 2.98. The number of ether oxygens (including phenoxy) is 4. The molecule has 4 unspecified atom stereocenters. The monoisotopic (exact) mass is 186 g/mol. The zero-order valence-corrected chi connectivity index (χ0v) is 7.41. The van der Waals surface area contributed by atoms with Crippen molar-refractivity contribution in [2.75, 3.05) is 0 Å². The van der Waals surface area contributed by atoms with Crippen LogP contribution in [0, 0.1) is 0 Å². The topological polar surface area (TPSA) is 36.9 Å². The molecule has 0 saturated carbocycles. The van der Waals surface area contributed by atoms with Crippen molar-refractivity contribution in [1.82, 2.24) is 0 Å². The Labute approximate surface area is 87.6 Å². The van der Waals surface area contributed by atoms with Gasteiger partial charge in [0.1, 0.15) is 31.4 Å². The van der Waals surface area contributed by atoms with Gasteiger partial charge in [-0.05, 0) is 0 Å². The third kappa shape index (κ3) is 1.89. The Morgan fingerprint density at radius 2 is 0.714 bits per heavy atom. The molecular formula is C6H6B4O4. The maximum Gasteiger partial charge on any atom is 0.208 e. The minimum absolute atomic E-state index is 0.763. The summed E-state index contributed by atoms with van der Waals surface area (Å²) in [5, 5.41) is 0. The summed E-state index contributed by atoms with van der Waals surface area (Å²) < 4.78 is 20.7. The second-order valence-electron chi connectivity index (χ2n) is 3.14. The molecule has 2 aliphatic rings. The number of hydrogen-bond donors (Lipinski definition) is 0. The van der Waals surface area contributed by atoms with Crippen molar-refractivity contribution in [1.29, 1.82) is 0 Å². The fourth-order valence-electron chi connectivity index (χ4n) is 1.25. The molecule has 2 aliphatic heterocycles. The van der Waals surface area contributed by atoms with Crippen LogP contribution in [-0.4, -0.2) is 68.0 Å². The molecule has 0 aromatic carbocycles. The van der Waals surface area contributed by atoms with Crippen molar-refractivity contribution < 1.29 is 18.9 Å². The fourth-order valence-corrected chi connectivity index (χ4v) is 1.25. The lowest BCUT2D eigenvalue weighted by atomic mass is 9.80. The smallest absolute Gasteiger partial charge is 0.208 e. The van der Waals surface area contributed by atoms with Crippen molar-refractivity contribution in [3.8, 4) is 0 Å². The predicted molar refractivity (Wildman–Crippen MR) is 50.1 cm³/mol. The maximum absolute atomic E-state index is 5.49. The Morgan fingerprint density at radius 1 is 0.500 bits per heavy atom. The molecule has 0 aliphatic carbocycles. The SMILES string of the molecule is [B]C1OC2OC([B])C([B])OC2OC1[B]. The van der Waals surface area contributed by atoms with Crippen molar-refractivity contribution in [2.24, 2.45) is 0 Å². The summed E-state index contributed by atoms with van der Waals surface area (Å²) in [6.45, 7) is 0. The molecule has 66 valence electrons. The van der Waals surface area contributed by atoms with E-state index in [1.807, 2.05) is 0 Å². The minimum atomic E-state index is -0.778. The molecular weight excluding hydrogens is 179 g/mol. The quantitative estimate of drug-likeness (QED) is 0.398. The highest BCUT2D eigenvalue weighted by molar-refractivity contribution is 6.21. The Bertz CT molecular complexity index is 176. The van der Waals surface area contributed by atoms with Crippen LogP contribution in [0.3, 0.4) is 0 Å². The molecule has 14 heavy (non-hydrogen) atoms. The van der Waals surface area contributed by atoms with Crippen molar-refractivity contribution >= 4 is 31.4 Å². The van der Waals surface area contributed by atoms with Gasteiger partial charge < -0.3 is 18.9 Å². The summed E-state index contributed by atoms with van der Waals surface area (Å²) in [7, 11) is 21.9. The third-order valence-corrected chi connectivity index (χ3v) is 2.03. The zero-order chi connectivity index (χ0) is 10.3. The largest absolute Gasteiger partial charge is 0.353 e. The van der Waals surface area contributed by atoms with Crippen LogP contribution in [0.5, 0.6) is 0 Å². The molecule has 0 bridgehead atoms. The van der Waals surface area contributed by atoms with E-state index in [-0.39, 0.29) is 0 Å². The van der Waals surface area contributed by atoms with Crippen molar-refractivity contribution in [3.05, 3.63) is 0 Å². The highest BCUT2D eigenvalue weighted by Crippen LogP contribution is 2.25. The predicted octanol–water partition coefficient (Wildman–Crippen LogP) is -2.29. The van der Waals surface area contributed by atoms with Crippen LogP contribution < -0.4 is 0 Å². The first kappa shape index (κ1) is 10.6. The highest BCUT2D eigenvalue weighted by Gasteiger charge is 2.41. The van der Waals surface area contributed by atoms with E-state index >= 15 is 0 Å². The van der Waals surface area contributed by atoms with Crippen LogP contribution in [0.15, 0.2) is 0 Å². The molecule has 2 saturated heterocycles. The van der Waals surface area contributed by atoms with Gasteiger partial charge in [0.2, 0.25) is 12.6 Å². The summed E-state index contributed by atoms with van der Waals surface area (Å²) in [5.74, 6) is 0. The van der Waals surface area contributed by atoms with Gasteiger partial charge >= 0.3 is 0 Å². The lowest BCUT2D eigenvalue weighted by Crippen LogP contribution is -2.59. The second-order valence-corrected chi connectivity index (χ2v) is 3.14. The molecule has 4 atom stereocenters. The molecule has 2 heterocycles. The molecule has 0 aromatic rings. The number of fused-ring (bicyclic) bond motifs is 1. The molecule has 4 nitrogen and oxygen atoms in total. The van der Waals surface area contributed by atoms with E-state index in [4.69, 9.17) is 50.3 Å². The summed E-state index contributed by atoms with van der Waals surface area (Å²) in [5.41, 5.74) is 0. The fraction of sp³-hybridized carbons (Fsp3) is 1.00. The van der Waals surface area contributed by atoms with Crippen LogP contribution in [0.25, 0.3) is 0 Å². The van der Waals surface area contributed by atoms with E-state index < -0.39 is 36.6 Å². The van der Waals surface area contributed by atoms with Crippen LogP contribution in [0.4, 0.5) is 0 Å². The van der Waals surface area contributed by atoms with Gasteiger partial charge in [-0.1, -0.05) is 0 Å². The summed E-state index contributed by atoms with van der Waals surface area (Å²) in [6, 6.07) is -3.05. The first-order valence-corrected chi connectivity index (χ1v) is 4.22. The number of hydrogen-bond acceptors (Lipinski definition) is 4. The molecule has 0 amide bonds. The van der Waals surface area contributed by atoms with Crippen LogP contribution >= 0.6 is 0 Å². The molecule has 0 N–H and O–H groups in total. The normalized spacial score (nSPS) is 53.7. The van der Waals surface area contributed by atoms with Crippen LogP contribution in [0.1, 0.15) is 0 Å². The maximum atomic E-state index is 5.49. The Morgan fingerprint density at radius 3 is 0.929 bits per heavy atom. The van der Waals surface area contributed by atoms with Gasteiger partial charge in [-0.15, -0.1) is 0 Å². The first-order valence-electron chi connectivity index (χ1n) is 4.22. The molecule has 2 fully saturated rings. The summed E-state index contributed by atoms with van der Waals surface area (Å²) in [4.78, 5) is 0. The van der Waals surface area contributed by atoms with E-state index in [0.717, 1.165) is 0 Å². The Hall–Kier alpha value is 0.0997. The summed E-state index contributed by atoms with van der Waals surface area (Å²) in [6.07, 6.45) is -1.56. The second kappa shape index (κ2) is 3.93. The van der Waals surface area contributed by atoms with Gasteiger partial charge in [-0.25, -0.2) is 0 Å². The highest BCUT2D eigenvalue weighted by atomic mass is 16.8. The zero-order valence-electron chi connectivity index (χ0n) is 7.41. The average molecular weight is 185 g/mol. The van der Waals surface area contributed by atoms with Gasteiger partial charge in [0, 0.05) is 24.0 Å². The average Bonchev–Trinajstić information content (AvgIpc) is 2.11. The van der Waals surface area contributed by atoms with E-state index in [1.54, 1.807) is 0 Å². The van der Waals surface area contributed by atoms with Gasteiger partial charge in [0.25, 0.3) is 0 Å². The van der Waals surface area contributed by atoms with Crippen LogP contribution in [-0.2, 0) is 18.9 Å². The van der Waals surface area contributed by atoms with E-state index in [0.29, 0.717) is 0 Å². The lowest BCUT2D eigenvalue weighted by molar-refractivity contribution is -0.376. The van der Waals surface area contributed by atoms with Crippen LogP contribution in [0.2, 0.25) is 0 Å². The molecule has 8 heteroatoms. The van der Waals surface area contributed by atoms with E-state index in [1.165, 1.54) is 0 Å². The van der Waals surface area contributed by atoms with Gasteiger partial charge in [0.05, 0.1) is 0 Å². The van der Waals surface area contributed by atoms with E-state index in [9.17, 15) is 0 Å². The van der Waals surface area contributed by atoms with Gasteiger partial charge in [0.15, 0.2) is 0 Å².